The quantitative estimate of drug-likeness (QED) is 0.310. The lowest BCUT2D eigenvalue weighted by Gasteiger charge is -2.09. The molecule has 0 radical (unpaired) electrons. The van der Waals surface area contributed by atoms with E-state index in [0.717, 1.165) is 22.3 Å². The second-order valence-corrected chi connectivity index (χ2v) is 8.40. The van der Waals surface area contributed by atoms with Crippen molar-refractivity contribution in [1.82, 2.24) is 0 Å². The largest absolute Gasteiger partial charge is 0.461 e. The van der Waals surface area contributed by atoms with Gasteiger partial charge in [0.1, 0.15) is 13.2 Å². The number of nitrogens with zero attached hydrogens (tertiary/aromatic N) is 2. The number of benzene rings is 3. The second-order valence-electron chi connectivity index (χ2n) is 8.40. The van der Waals surface area contributed by atoms with Gasteiger partial charge in [0, 0.05) is 0 Å². The number of carbonyl (C=O) groups is 2. The van der Waals surface area contributed by atoms with Crippen molar-refractivity contribution in [3.63, 3.8) is 0 Å². The van der Waals surface area contributed by atoms with Crippen LogP contribution >= 0.6 is 0 Å². The van der Waals surface area contributed by atoms with Gasteiger partial charge < -0.3 is 9.47 Å². The molecule has 6 heteroatoms. The van der Waals surface area contributed by atoms with E-state index in [2.05, 4.69) is 12.1 Å². The monoisotopic (exact) mass is 480 g/mol. The van der Waals surface area contributed by atoms with Crippen LogP contribution in [0.2, 0.25) is 0 Å². The average Bonchev–Trinajstić information content (AvgIpc) is 2.94. The van der Waals surface area contributed by atoms with Crippen molar-refractivity contribution in [1.29, 1.82) is 10.5 Å². The minimum atomic E-state index is -0.437. The Labute approximate surface area is 211 Å². The highest BCUT2D eigenvalue weighted by Gasteiger charge is 2.13. The van der Waals surface area contributed by atoms with E-state index in [4.69, 9.17) is 20.0 Å². The molecule has 182 valence electrons. The molecule has 0 N–H and O–H groups in total. The van der Waals surface area contributed by atoms with E-state index in [-0.39, 0.29) is 25.0 Å². The van der Waals surface area contributed by atoms with Gasteiger partial charge in [-0.05, 0) is 59.4 Å². The molecule has 6 nitrogen and oxygen atoms in total. The number of hydrogen-bond acceptors (Lipinski definition) is 6. The standard InChI is InChI=1S/C30H28N2O4/c1-3-21(17-31)19-35-29(33)27-13-9-25(10-14-27)23-5-7-24(8-6-23)26-11-15-28(16-12-26)30(34)36-20-22(4-2)18-32/h5-16,21-22H,3-4,19-20H2,1-2H3/t21-,22-/m0/s1. The Morgan fingerprint density at radius 3 is 1.14 bits per heavy atom. The van der Waals surface area contributed by atoms with Crippen LogP contribution in [0.5, 0.6) is 0 Å². The maximum Gasteiger partial charge on any atom is 0.338 e. The van der Waals surface area contributed by atoms with E-state index in [1.807, 2.05) is 62.4 Å². The van der Waals surface area contributed by atoms with Gasteiger partial charge in [0.25, 0.3) is 0 Å². The predicted octanol–water partition coefficient (Wildman–Crippen LogP) is 6.43. The first-order chi connectivity index (χ1) is 17.5. The summed E-state index contributed by atoms with van der Waals surface area (Å²) in [5.41, 5.74) is 4.80. The van der Waals surface area contributed by atoms with Crippen LogP contribution in [0.1, 0.15) is 47.4 Å². The summed E-state index contributed by atoms with van der Waals surface area (Å²) in [6.07, 6.45) is 1.27. The van der Waals surface area contributed by atoms with Crippen molar-refractivity contribution in [2.24, 2.45) is 11.8 Å². The fourth-order valence-corrected chi connectivity index (χ4v) is 3.46. The van der Waals surface area contributed by atoms with Crippen LogP contribution in [-0.2, 0) is 9.47 Å². The Balaban J connectivity index is 1.62. The lowest BCUT2D eigenvalue weighted by molar-refractivity contribution is 0.0457. The molecule has 3 aromatic rings. The summed E-state index contributed by atoms with van der Waals surface area (Å²) >= 11 is 0. The number of esters is 2. The molecule has 36 heavy (non-hydrogen) atoms. The van der Waals surface area contributed by atoms with Gasteiger partial charge in [-0.1, -0.05) is 62.4 Å². The number of nitriles is 2. The molecule has 0 fully saturated rings. The van der Waals surface area contributed by atoms with Gasteiger partial charge in [0.15, 0.2) is 0 Å². The molecule has 0 bridgehead atoms. The number of rotatable bonds is 10. The minimum absolute atomic E-state index is 0.0950. The van der Waals surface area contributed by atoms with Crippen LogP contribution in [-0.4, -0.2) is 25.2 Å². The zero-order valence-corrected chi connectivity index (χ0v) is 20.4. The van der Waals surface area contributed by atoms with Gasteiger partial charge in [-0.2, -0.15) is 10.5 Å². The predicted molar refractivity (Wildman–Crippen MR) is 137 cm³/mol. The van der Waals surface area contributed by atoms with Gasteiger partial charge >= 0.3 is 11.9 Å². The van der Waals surface area contributed by atoms with Crippen LogP contribution in [0.25, 0.3) is 22.3 Å². The Morgan fingerprint density at radius 1 is 0.611 bits per heavy atom. The first-order valence-corrected chi connectivity index (χ1v) is 11.9. The van der Waals surface area contributed by atoms with Crippen LogP contribution in [0.4, 0.5) is 0 Å². The first-order valence-electron chi connectivity index (χ1n) is 11.9. The van der Waals surface area contributed by atoms with E-state index in [0.29, 0.717) is 24.0 Å². The summed E-state index contributed by atoms with van der Waals surface area (Å²) in [6.45, 7) is 3.96. The molecular formula is C30H28N2O4. The van der Waals surface area contributed by atoms with Crippen LogP contribution in [0.3, 0.4) is 0 Å². The third-order valence-electron chi connectivity index (χ3n) is 5.97. The molecule has 0 aromatic heterocycles. The van der Waals surface area contributed by atoms with Crippen LogP contribution in [0, 0.1) is 34.5 Å². The zero-order chi connectivity index (χ0) is 25.9. The van der Waals surface area contributed by atoms with Gasteiger partial charge in [-0.15, -0.1) is 0 Å². The molecule has 0 aliphatic carbocycles. The summed E-state index contributed by atoms with van der Waals surface area (Å²) in [5.74, 6) is -1.46. The molecule has 0 aliphatic heterocycles. The van der Waals surface area contributed by atoms with Gasteiger partial charge in [0.2, 0.25) is 0 Å². The minimum Gasteiger partial charge on any atom is -0.461 e. The maximum atomic E-state index is 12.2. The van der Waals surface area contributed by atoms with E-state index in [1.54, 1.807) is 24.3 Å². The smallest absolute Gasteiger partial charge is 0.338 e. The van der Waals surface area contributed by atoms with E-state index in [9.17, 15) is 9.59 Å². The number of hydrogen-bond donors (Lipinski definition) is 0. The van der Waals surface area contributed by atoms with E-state index >= 15 is 0 Å². The molecule has 0 heterocycles. The Morgan fingerprint density at radius 2 is 0.889 bits per heavy atom. The average molecular weight is 481 g/mol. The highest BCUT2D eigenvalue weighted by atomic mass is 16.5. The fourth-order valence-electron chi connectivity index (χ4n) is 3.46. The lowest BCUT2D eigenvalue weighted by atomic mass is 9.99. The molecule has 3 rings (SSSR count). The number of ether oxygens (including phenoxy) is 2. The van der Waals surface area contributed by atoms with Gasteiger partial charge in [-0.3, -0.25) is 0 Å². The summed E-state index contributed by atoms with van der Waals surface area (Å²) in [5, 5.41) is 18.0. The second kappa shape index (κ2) is 12.9. The molecule has 0 unspecified atom stereocenters. The van der Waals surface area contributed by atoms with Crippen LogP contribution < -0.4 is 0 Å². The van der Waals surface area contributed by atoms with Crippen molar-refractivity contribution < 1.29 is 19.1 Å². The topological polar surface area (TPSA) is 100 Å². The SMILES string of the molecule is CC[C@@H](C#N)COC(=O)c1ccc(-c2ccc(-c3ccc(C(=O)OC[C@H](C#N)CC)cc3)cc2)cc1. The molecule has 0 aliphatic rings. The molecule has 0 amide bonds. The third-order valence-corrected chi connectivity index (χ3v) is 5.97. The molecule has 2 atom stereocenters. The summed E-state index contributed by atoms with van der Waals surface area (Å²) in [7, 11) is 0. The van der Waals surface area contributed by atoms with E-state index in [1.165, 1.54) is 0 Å². The van der Waals surface area contributed by atoms with Crippen molar-refractivity contribution in [3.8, 4) is 34.4 Å². The normalized spacial score (nSPS) is 12.0. The molecule has 3 aromatic carbocycles. The lowest BCUT2D eigenvalue weighted by Crippen LogP contribution is -2.12. The molecule has 0 saturated heterocycles. The fraction of sp³-hybridized carbons (Fsp3) is 0.267. The Hall–Kier alpha value is -4.42. The summed E-state index contributed by atoms with van der Waals surface area (Å²) < 4.78 is 10.5. The highest BCUT2D eigenvalue weighted by Crippen LogP contribution is 2.26. The Bertz CT molecular complexity index is 1150. The number of carbonyl (C=O) groups excluding carboxylic acids is 2. The summed E-state index contributed by atoms with van der Waals surface area (Å²) in [4.78, 5) is 24.4. The van der Waals surface area contributed by atoms with Crippen molar-refractivity contribution in [2.75, 3.05) is 13.2 Å². The van der Waals surface area contributed by atoms with Crippen molar-refractivity contribution >= 4 is 11.9 Å². The van der Waals surface area contributed by atoms with Crippen LogP contribution in [0.15, 0.2) is 72.8 Å². The Kier molecular flexibility index (Phi) is 9.37. The zero-order valence-electron chi connectivity index (χ0n) is 20.4. The highest BCUT2D eigenvalue weighted by molar-refractivity contribution is 5.91. The van der Waals surface area contributed by atoms with Gasteiger partial charge in [-0.25, -0.2) is 9.59 Å². The van der Waals surface area contributed by atoms with Crippen molar-refractivity contribution in [2.45, 2.75) is 26.7 Å². The van der Waals surface area contributed by atoms with E-state index < -0.39 is 11.9 Å². The summed E-state index contributed by atoms with van der Waals surface area (Å²) in [6, 6.07) is 26.6. The molecule has 0 saturated carbocycles. The maximum absolute atomic E-state index is 12.2. The van der Waals surface area contributed by atoms with Crippen molar-refractivity contribution in [3.05, 3.63) is 83.9 Å². The van der Waals surface area contributed by atoms with Gasteiger partial charge in [0.05, 0.1) is 35.1 Å². The molecule has 0 spiro atoms. The first kappa shape index (κ1) is 26.2. The molecular weight excluding hydrogens is 452 g/mol. The third kappa shape index (κ3) is 6.81.